The Labute approximate surface area is 147 Å². The van der Waals surface area contributed by atoms with Crippen molar-refractivity contribution in [1.82, 2.24) is 20.2 Å². The molecule has 3 atom stereocenters. The Kier molecular flexibility index (Phi) is 4.72. The van der Waals surface area contributed by atoms with E-state index in [4.69, 9.17) is 4.74 Å². The van der Waals surface area contributed by atoms with E-state index in [0.29, 0.717) is 6.54 Å². The normalized spacial score (nSPS) is 25.7. The largest absolute Gasteiger partial charge is 0.371 e. The van der Waals surface area contributed by atoms with Crippen LogP contribution >= 0.6 is 0 Å². The molecule has 4 heterocycles. The van der Waals surface area contributed by atoms with E-state index in [9.17, 15) is 4.79 Å². The standard InChI is InChI=1S/C19H22N4O2/c24-19(22-10-15-2-1-5-21-9-15)17-8-16-12-23(13-18(17)25-16)11-14-3-6-20-7-4-14/h1-7,9,16-18H,8,10-13H2,(H,22,24)/t16-,17-,18+/m0/s1. The van der Waals surface area contributed by atoms with E-state index < -0.39 is 0 Å². The van der Waals surface area contributed by atoms with Crippen LogP contribution in [-0.4, -0.2) is 46.1 Å². The molecular formula is C19H22N4O2. The van der Waals surface area contributed by atoms with Gasteiger partial charge in [0.1, 0.15) is 0 Å². The highest BCUT2D eigenvalue weighted by Gasteiger charge is 2.44. The van der Waals surface area contributed by atoms with Crippen molar-refractivity contribution in [3.63, 3.8) is 0 Å². The highest BCUT2D eigenvalue weighted by Crippen LogP contribution is 2.32. The third-order valence-corrected chi connectivity index (χ3v) is 4.91. The van der Waals surface area contributed by atoms with Crippen LogP contribution < -0.4 is 5.32 Å². The van der Waals surface area contributed by atoms with Gasteiger partial charge in [0, 0.05) is 51.0 Å². The van der Waals surface area contributed by atoms with Crippen LogP contribution in [0.15, 0.2) is 49.1 Å². The third-order valence-electron chi connectivity index (χ3n) is 4.91. The maximum atomic E-state index is 12.6. The van der Waals surface area contributed by atoms with Crippen LogP contribution in [0, 0.1) is 5.92 Å². The van der Waals surface area contributed by atoms with Gasteiger partial charge in [0.2, 0.25) is 5.91 Å². The molecule has 0 radical (unpaired) electrons. The molecule has 130 valence electrons. The average Bonchev–Trinajstić information content (AvgIpc) is 2.96. The third kappa shape index (κ3) is 3.86. The number of carbonyl (C=O) groups excluding carboxylic acids is 1. The monoisotopic (exact) mass is 338 g/mol. The van der Waals surface area contributed by atoms with Gasteiger partial charge in [-0.2, -0.15) is 0 Å². The van der Waals surface area contributed by atoms with Crippen LogP contribution in [0.25, 0.3) is 0 Å². The summed E-state index contributed by atoms with van der Waals surface area (Å²) in [5, 5.41) is 3.03. The first kappa shape index (κ1) is 16.2. The molecular weight excluding hydrogens is 316 g/mol. The number of nitrogens with one attached hydrogen (secondary N) is 1. The molecule has 4 rings (SSSR count). The van der Waals surface area contributed by atoms with Crippen molar-refractivity contribution in [2.45, 2.75) is 31.7 Å². The first-order chi connectivity index (χ1) is 12.3. The van der Waals surface area contributed by atoms with E-state index in [1.54, 1.807) is 12.4 Å². The molecule has 1 amide bonds. The van der Waals surface area contributed by atoms with Crippen molar-refractivity contribution in [3.8, 4) is 0 Å². The van der Waals surface area contributed by atoms with Gasteiger partial charge in [0.15, 0.2) is 0 Å². The van der Waals surface area contributed by atoms with E-state index in [1.807, 2.05) is 36.7 Å². The van der Waals surface area contributed by atoms with Gasteiger partial charge in [-0.05, 0) is 35.7 Å². The minimum Gasteiger partial charge on any atom is -0.371 e. The zero-order valence-electron chi connectivity index (χ0n) is 14.0. The van der Waals surface area contributed by atoms with Crippen LogP contribution in [0.4, 0.5) is 0 Å². The number of nitrogens with zero attached hydrogens (tertiary/aromatic N) is 3. The predicted octanol–water partition coefficient (Wildman–Crippen LogP) is 1.38. The molecule has 6 heteroatoms. The lowest BCUT2D eigenvalue weighted by Gasteiger charge is -2.32. The van der Waals surface area contributed by atoms with Crippen LogP contribution in [0.1, 0.15) is 17.5 Å². The fraction of sp³-hybridized carbons (Fsp3) is 0.421. The molecule has 2 fully saturated rings. The smallest absolute Gasteiger partial charge is 0.226 e. The van der Waals surface area contributed by atoms with Crippen LogP contribution in [0.5, 0.6) is 0 Å². The summed E-state index contributed by atoms with van der Waals surface area (Å²) in [4.78, 5) is 23.1. The van der Waals surface area contributed by atoms with Gasteiger partial charge in [-0.1, -0.05) is 6.07 Å². The lowest BCUT2D eigenvalue weighted by molar-refractivity contribution is -0.128. The molecule has 0 spiro atoms. The molecule has 0 saturated carbocycles. The van der Waals surface area contributed by atoms with Gasteiger partial charge < -0.3 is 10.1 Å². The van der Waals surface area contributed by atoms with Gasteiger partial charge in [0.25, 0.3) is 0 Å². The van der Waals surface area contributed by atoms with E-state index in [-0.39, 0.29) is 24.0 Å². The van der Waals surface area contributed by atoms with Gasteiger partial charge >= 0.3 is 0 Å². The maximum Gasteiger partial charge on any atom is 0.226 e. The molecule has 0 unspecified atom stereocenters. The molecule has 2 aromatic rings. The minimum atomic E-state index is -0.0656. The van der Waals surface area contributed by atoms with E-state index in [1.165, 1.54) is 5.56 Å². The number of aromatic nitrogens is 2. The SMILES string of the molecule is O=C(NCc1cccnc1)[C@H]1C[C@H]2CN(Cc3ccncc3)C[C@H]1O2. The van der Waals surface area contributed by atoms with Crippen LogP contribution in [-0.2, 0) is 22.6 Å². The lowest BCUT2D eigenvalue weighted by atomic mass is 9.99. The number of ether oxygens (including phenoxy) is 1. The van der Waals surface area contributed by atoms with Gasteiger partial charge in [-0.25, -0.2) is 0 Å². The van der Waals surface area contributed by atoms with Gasteiger partial charge in [-0.3, -0.25) is 19.7 Å². The Morgan fingerprint density at radius 2 is 2.04 bits per heavy atom. The van der Waals surface area contributed by atoms with Gasteiger partial charge in [0.05, 0.1) is 18.1 Å². The highest BCUT2D eigenvalue weighted by molar-refractivity contribution is 5.79. The molecule has 2 saturated heterocycles. The zero-order valence-corrected chi connectivity index (χ0v) is 14.0. The second-order valence-corrected chi connectivity index (χ2v) is 6.77. The summed E-state index contributed by atoms with van der Waals surface area (Å²) < 4.78 is 6.02. The topological polar surface area (TPSA) is 67.4 Å². The number of hydrogen-bond donors (Lipinski definition) is 1. The van der Waals surface area contributed by atoms with E-state index in [0.717, 1.165) is 31.6 Å². The van der Waals surface area contributed by atoms with Crippen molar-refractivity contribution in [2.24, 2.45) is 5.92 Å². The maximum absolute atomic E-state index is 12.6. The second-order valence-electron chi connectivity index (χ2n) is 6.77. The number of pyridine rings is 2. The van der Waals surface area contributed by atoms with Crippen molar-refractivity contribution < 1.29 is 9.53 Å². The zero-order chi connectivity index (χ0) is 17.1. The molecule has 2 aliphatic rings. The summed E-state index contributed by atoms with van der Waals surface area (Å²) in [6.07, 6.45) is 8.08. The first-order valence-electron chi connectivity index (χ1n) is 8.71. The molecule has 0 aromatic carbocycles. The number of morpholine rings is 1. The number of hydrogen-bond acceptors (Lipinski definition) is 5. The summed E-state index contributed by atoms with van der Waals surface area (Å²) >= 11 is 0. The summed E-state index contributed by atoms with van der Waals surface area (Å²) in [6, 6.07) is 7.92. The van der Waals surface area contributed by atoms with Crippen molar-refractivity contribution in [2.75, 3.05) is 13.1 Å². The first-order valence-corrected chi connectivity index (χ1v) is 8.71. The van der Waals surface area contributed by atoms with Crippen molar-refractivity contribution in [3.05, 3.63) is 60.2 Å². The Hall–Kier alpha value is -2.31. The fourth-order valence-corrected chi connectivity index (χ4v) is 3.71. The molecule has 2 aliphatic heterocycles. The van der Waals surface area contributed by atoms with Crippen LogP contribution in [0.2, 0.25) is 0 Å². The Morgan fingerprint density at radius 1 is 1.16 bits per heavy atom. The second kappa shape index (κ2) is 7.29. The van der Waals surface area contributed by atoms with E-state index >= 15 is 0 Å². The molecule has 6 nitrogen and oxygen atoms in total. The average molecular weight is 338 g/mol. The molecule has 0 aliphatic carbocycles. The minimum absolute atomic E-state index is 0.0190. The summed E-state index contributed by atoms with van der Waals surface area (Å²) in [5.74, 6) is 0.0197. The molecule has 1 N–H and O–H groups in total. The van der Waals surface area contributed by atoms with Crippen LogP contribution in [0.3, 0.4) is 0 Å². The summed E-state index contributed by atoms with van der Waals surface area (Å²) in [5.41, 5.74) is 2.26. The summed E-state index contributed by atoms with van der Waals surface area (Å²) in [7, 11) is 0. The molecule has 2 bridgehead atoms. The predicted molar refractivity (Wildman–Crippen MR) is 92.4 cm³/mol. The number of amides is 1. The van der Waals surface area contributed by atoms with E-state index in [2.05, 4.69) is 20.2 Å². The Balaban J connectivity index is 1.33. The quantitative estimate of drug-likeness (QED) is 0.892. The Morgan fingerprint density at radius 3 is 2.84 bits per heavy atom. The van der Waals surface area contributed by atoms with Gasteiger partial charge in [-0.15, -0.1) is 0 Å². The number of fused-ring (bicyclic) bond motifs is 2. The summed E-state index contributed by atoms with van der Waals surface area (Å²) in [6.45, 7) is 3.07. The van der Waals surface area contributed by atoms with Crippen molar-refractivity contribution >= 4 is 5.91 Å². The molecule has 2 aromatic heterocycles. The van der Waals surface area contributed by atoms with Crippen molar-refractivity contribution in [1.29, 1.82) is 0 Å². The lowest BCUT2D eigenvalue weighted by Crippen LogP contribution is -2.44. The number of rotatable bonds is 5. The molecule has 25 heavy (non-hydrogen) atoms. The highest BCUT2D eigenvalue weighted by atomic mass is 16.5. The number of carbonyl (C=O) groups is 1. The number of likely N-dealkylation sites (tertiary alicyclic amines) is 1. The Bertz CT molecular complexity index is 710. The fourth-order valence-electron chi connectivity index (χ4n) is 3.71.